The SMILES string of the molecule is COc1ccc2c(=O)c(C)c(-c3ccccc3)oc2c1C(=O)C=Cc1ccccc1. The number of ether oxygens (including phenoxy) is 1. The zero-order valence-corrected chi connectivity index (χ0v) is 16.7. The number of methoxy groups -OCH3 is 1. The van der Waals surface area contributed by atoms with Crippen LogP contribution in [0.4, 0.5) is 0 Å². The summed E-state index contributed by atoms with van der Waals surface area (Å²) in [4.78, 5) is 26.2. The summed E-state index contributed by atoms with van der Waals surface area (Å²) < 4.78 is 11.6. The molecule has 3 aromatic carbocycles. The normalized spacial score (nSPS) is 11.1. The summed E-state index contributed by atoms with van der Waals surface area (Å²) in [5, 5.41) is 0.351. The van der Waals surface area contributed by atoms with Gasteiger partial charge in [0.15, 0.2) is 16.8 Å². The Balaban J connectivity index is 1.93. The minimum atomic E-state index is -0.299. The number of hydrogen-bond donors (Lipinski definition) is 0. The second-order valence-electron chi connectivity index (χ2n) is 6.88. The maximum absolute atomic E-state index is 13.1. The number of ketones is 1. The van der Waals surface area contributed by atoms with Crippen LogP contribution < -0.4 is 10.2 Å². The molecular formula is C26H20O4. The highest BCUT2D eigenvalue weighted by atomic mass is 16.5. The summed E-state index contributed by atoms with van der Waals surface area (Å²) in [7, 11) is 1.49. The van der Waals surface area contributed by atoms with Crippen molar-refractivity contribution in [3.8, 4) is 17.1 Å². The highest BCUT2D eigenvalue weighted by molar-refractivity contribution is 6.15. The summed E-state index contributed by atoms with van der Waals surface area (Å²) in [6.07, 6.45) is 3.19. The molecule has 0 aliphatic heterocycles. The fourth-order valence-corrected chi connectivity index (χ4v) is 3.42. The molecule has 30 heavy (non-hydrogen) atoms. The second kappa shape index (κ2) is 8.21. The van der Waals surface area contributed by atoms with E-state index in [1.165, 1.54) is 13.2 Å². The van der Waals surface area contributed by atoms with E-state index < -0.39 is 0 Å². The first-order chi connectivity index (χ1) is 14.6. The van der Waals surface area contributed by atoms with Crippen LogP contribution in [-0.4, -0.2) is 12.9 Å². The van der Waals surface area contributed by atoms with Crippen LogP contribution in [0.15, 0.2) is 88.1 Å². The van der Waals surface area contributed by atoms with Crippen LogP contribution >= 0.6 is 0 Å². The van der Waals surface area contributed by atoms with Gasteiger partial charge in [0.05, 0.1) is 12.5 Å². The van der Waals surface area contributed by atoms with Gasteiger partial charge in [-0.2, -0.15) is 0 Å². The van der Waals surface area contributed by atoms with Crippen LogP contribution in [0.2, 0.25) is 0 Å². The van der Waals surface area contributed by atoms with Crippen molar-refractivity contribution in [2.45, 2.75) is 6.92 Å². The highest BCUT2D eigenvalue weighted by Gasteiger charge is 2.21. The first-order valence-corrected chi connectivity index (χ1v) is 9.57. The van der Waals surface area contributed by atoms with Crippen LogP contribution in [0.3, 0.4) is 0 Å². The predicted molar refractivity (Wildman–Crippen MR) is 119 cm³/mol. The third-order valence-corrected chi connectivity index (χ3v) is 4.98. The largest absolute Gasteiger partial charge is 0.496 e. The first-order valence-electron chi connectivity index (χ1n) is 9.57. The molecule has 0 unspecified atom stereocenters. The summed E-state index contributed by atoms with van der Waals surface area (Å²) in [5.74, 6) is 0.506. The lowest BCUT2D eigenvalue weighted by molar-refractivity contribution is 0.104. The molecule has 0 spiro atoms. The number of fused-ring (bicyclic) bond motifs is 1. The van der Waals surface area contributed by atoms with Gasteiger partial charge in [0.2, 0.25) is 0 Å². The van der Waals surface area contributed by atoms with Crippen molar-refractivity contribution in [3.63, 3.8) is 0 Å². The number of hydrogen-bond acceptors (Lipinski definition) is 4. The zero-order valence-electron chi connectivity index (χ0n) is 16.7. The van der Waals surface area contributed by atoms with Gasteiger partial charge in [0.1, 0.15) is 17.1 Å². The number of rotatable bonds is 5. The van der Waals surface area contributed by atoms with Crippen molar-refractivity contribution in [1.29, 1.82) is 0 Å². The van der Waals surface area contributed by atoms with Crippen molar-refractivity contribution in [1.82, 2.24) is 0 Å². The van der Waals surface area contributed by atoms with E-state index in [1.54, 1.807) is 25.1 Å². The summed E-state index contributed by atoms with van der Waals surface area (Å²) in [5.41, 5.74) is 2.46. The van der Waals surface area contributed by atoms with Gasteiger partial charge in [-0.15, -0.1) is 0 Å². The monoisotopic (exact) mass is 396 g/mol. The maximum atomic E-state index is 13.1. The molecule has 4 rings (SSSR count). The summed E-state index contributed by atoms with van der Waals surface area (Å²) in [6, 6.07) is 22.2. The molecule has 0 bridgehead atoms. The molecule has 1 heterocycles. The fraction of sp³-hybridized carbons (Fsp3) is 0.0769. The van der Waals surface area contributed by atoms with Crippen LogP contribution in [0.5, 0.6) is 5.75 Å². The molecule has 4 heteroatoms. The second-order valence-corrected chi connectivity index (χ2v) is 6.88. The van der Waals surface area contributed by atoms with Gasteiger partial charge in [0, 0.05) is 11.1 Å². The van der Waals surface area contributed by atoms with Gasteiger partial charge in [0.25, 0.3) is 0 Å². The third kappa shape index (κ3) is 3.55. The lowest BCUT2D eigenvalue weighted by Gasteiger charge is -2.12. The van der Waals surface area contributed by atoms with Gasteiger partial charge in [-0.1, -0.05) is 66.7 Å². The Bertz CT molecular complexity index is 1300. The topological polar surface area (TPSA) is 56.5 Å². The van der Waals surface area contributed by atoms with Crippen molar-refractivity contribution in [2.75, 3.05) is 7.11 Å². The maximum Gasteiger partial charge on any atom is 0.196 e. The molecule has 0 fully saturated rings. The van der Waals surface area contributed by atoms with Crippen LogP contribution in [0.1, 0.15) is 21.5 Å². The van der Waals surface area contributed by atoms with Crippen molar-refractivity contribution >= 4 is 22.8 Å². The Morgan fingerprint density at radius 3 is 2.27 bits per heavy atom. The molecule has 4 nitrogen and oxygen atoms in total. The van der Waals surface area contributed by atoms with E-state index in [0.29, 0.717) is 22.5 Å². The molecule has 0 amide bonds. The standard InChI is InChI=1S/C26H20O4/c1-17-24(28)20-14-16-22(29-2)23(21(27)15-13-18-9-5-3-6-10-18)26(20)30-25(17)19-11-7-4-8-12-19/h3-16H,1-2H3. The van der Waals surface area contributed by atoms with E-state index in [2.05, 4.69) is 0 Å². The summed E-state index contributed by atoms with van der Waals surface area (Å²) >= 11 is 0. The minimum absolute atomic E-state index is 0.168. The molecule has 0 saturated carbocycles. The van der Waals surface area contributed by atoms with Crippen LogP contribution in [-0.2, 0) is 0 Å². The molecule has 1 aromatic heterocycles. The van der Waals surface area contributed by atoms with E-state index in [9.17, 15) is 9.59 Å². The third-order valence-electron chi connectivity index (χ3n) is 4.98. The van der Waals surface area contributed by atoms with E-state index in [-0.39, 0.29) is 22.4 Å². The molecule has 4 aromatic rings. The molecule has 0 aliphatic carbocycles. The lowest BCUT2D eigenvalue weighted by atomic mass is 10.0. The van der Waals surface area contributed by atoms with Crippen molar-refractivity contribution in [3.05, 3.63) is 106 Å². The molecule has 0 atom stereocenters. The Morgan fingerprint density at radius 2 is 1.60 bits per heavy atom. The number of carbonyl (C=O) groups excluding carboxylic acids is 1. The van der Waals surface area contributed by atoms with Gasteiger partial charge in [-0.25, -0.2) is 0 Å². The van der Waals surface area contributed by atoms with E-state index in [4.69, 9.17) is 9.15 Å². The minimum Gasteiger partial charge on any atom is -0.496 e. The molecule has 0 radical (unpaired) electrons. The van der Waals surface area contributed by atoms with Crippen molar-refractivity contribution in [2.24, 2.45) is 0 Å². The Hall–Kier alpha value is -3.92. The Labute approximate surface area is 174 Å². The van der Waals surface area contributed by atoms with Gasteiger partial charge in [-0.05, 0) is 30.7 Å². The Kier molecular flexibility index (Phi) is 5.31. The lowest BCUT2D eigenvalue weighted by Crippen LogP contribution is -2.10. The fourth-order valence-electron chi connectivity index (χ4n) is 3.42. The van der Waals surface area contributed by atoms with Crippen LogP contribution in [0, 0.1) is 6.92 Å². The van der Waals surface area contributed by atoms with Gasteiger partial charge >= 0.3 is 0 Å². The van der Waals surface area contributed by atoms with E-state index >= 15 is 0 Å². The van der Waals surface area contributed by atoms with E-state index in [1.807, 2.05) is 60.7 Å². The number of allylic oxidation sites excluding steroid dienone is 1. The summed E-state index contributed by atoms with van der Waals surface area (Å²) in [6.45, 7) is 1.73. The van der Waals surface area contributed by atoms with Crippen LogP contribution in [0.25, 0.3) is 28.4 Å². The first kappa shape index (κ1) is 19.4. The molecular weight excluding hydrogens is 376 g/mol. The van der Waals surface area contributed by atoms with Crippen molar-refractivity contribution < 1.29 is 13.9 Å². The Morgan fingerprint density at radius 1 is 0.933 bits per heavy atom. The molecule has 148 valence electrons. The molecule has 0 saturated heterocycles. The number of benzene rings is 3. The predicted octanol–water partition coefficient (Wildman–Crippen LogP) is 5.67. The van der Waals surface area contributed by atoms with Gasteiger partial charge < -0.3 is 9.15 Å². The molecule has 0 aliphatic rings. The van der Waals surface area contributed by atoms with Gasteiger partial charge in [-0.3, -0.25) is 9.59 Å². The molecule has 0 N–H and O–H groups in total. The quantitative estimate of drug-likeness (QED) is 0.322. The zero-order chi connectivity index (χ0) is 21.1. The highest BCUT2D eigenvalue weighted by Crippen LogP contribution is 2.32. The average molecular weight is 396 g/mol. The smallest absolute Gasteiger partial charge is 0.196 e. The van der Waals surface area contributed by atoms with E-state index in [0.717, 1.165) is 11.1 Å². The average Bonchev–Trinajstić information content (AvgIpc) is 2.80. The number of carbonyl (C=O) groups is 1.